The third-order valence-corrected chi connectivity index (χ3v) is 4.15. The minimum atomic E-state index is 0.414. The molecular weight excluding hydrogens is 256 g/mol. The Morgan fingerprint density at radius 2 is 2.16 bits per heavy atom. The van der Waals surface area contributed by atoms with Gasteiger partial charge in [-0.15, -0.1) is 0 Å². The number of benzene rings is 1. The van der Waals surface area contributed by atoms with Crippen molar-refractivity contribution in [1.82, 2.24) is 10.2 Å². The Hall–Kier alpha value is -0.570. The Bertz CT molecular complexity index is 390. The molecule has 0 bridgehead atoms. The maximum absolute atomic E-state index is 6.07. The van der Waals surface area contributed by atoms with E-state index in [-0.39, 0.29) is 0 Å². The molecular formula is C16H25ClN2. The lowest BCUT2D eigenvalue weighted by Gasteiger charge is -2.23. The second-order valence-corrected chi connectivity index (χ2v) is 5.77. The Morgan fingerprint density at radius 3 is 2.74 bits per heavy atom. The zero-order chi connectivity index (χ0) is 13.7. The second-order valence-electron chi connectivity index (χ2n) is 5.33. The van der Waals surface area contributed by atoms with Gasteiger partial charge in [0.25, 0.3) is 0 Å². The Balaban J connectivity index is 1.82. The van der Waals surface area contributed by atoms with Crippen LogP contribution in [0.2, 0.25) is 5.02 Å². The highest BCUT2D eigenvalue weighted by atomic mass is 35.5. The summed E-state index contributed by atoms with van der Waals surface area (Å²) in [6.07, 6.45) is 3.87. The van der Waals surface area contributed by atoms with Gasteiger partial charge in [0.05, 0.1) is 0 Å². The van der Waals surface area contributed by atoms with E-state index in [2.05, 4.69) is 36.2 Å². The van der Waals surface area contributed by atoms with E-state index in [4.69, 9.17) is 11.6 Å². The Labute approximate surface area is 122 Å². The summed E-state index contributed by atoms with van der Waals surface area (Å²) in [6, 6.07) is 9.47. The second kappa shape index (κ2) is 7.28. The molecule has 0 amide bonds. The van der Waals surface area contributed by atoms with E-state index >= 15 is 0 Å². The number of nitrogens with zero attached hydrogens (tertiary/aromatic N) is 1. The van der Waals surface area contributed by atoms with E-state index in [0.29, 0.717) is 6.04 Å². The van der Waals surface area contributed by atoms with E-state index in [1.54, 1.807) is 0 Å². The Morgan fingerprint density at radius 1 is 1.37 bits per heavy atom. The van der Waals surface area contributed by atoms with Crippen molar-refractivity contribution >= 4 is 11.6 Å². The van der Waals surface area contributed by atoms with Gasteiger partial charge >= 0.3 is 0 Å². The van der Waals surface area contributed by atoms with Crippen LogP contribution in [0.3, 0.4) is 0 Å². The van der Waals surface area contributed by atoms with Crippen LogP contribution in [0.15, 0.2) is 24.3 Å². The molecule has 0 spiro atoms. The quantitative estimate of drug-likeness (QED) is 0.778. The molecule has 3 heteroatoms. The summed E-state index contributed by atoms with van der Waals surface area (Å²) in [5, 5.41) is 4.48. The highest BCUT2D eigenvalue weighted by Gasteiger charge is 2.27. The third-order valence-electron chi connectivity index (χ3n) is 3.92. The number of hydrogen-bond acceptors (Lipinski definition) is 2. The standard InChI is InChI=1S/C16H25ClN2/c1-3-16(13-6-5-7-14(17)12-13)18-10-11-19(4-2)15-8-9-15/h5-7,12,15-16,18H,3-4,8-11H2,1-2H3. The van der Waals surface area contributed by atoms with Gasteiger partial charge in [0.15, 0.2) is 0 Å². The summed E-state index contributed by atoms with van der Waals surface area (Å²) in [4.78, 5) is 2.58. The molecule has 0 radical (unpaired) electrons. The molecule has 1 N–H and O–H groups in total. The van der Waals surface area contributed by atoms with E-state index in [9.17, 15) is 0 Å². The van der Waals surface area contributed by atoms with Crippen LogP contribution >= 0.6 is 11.6 Å². The van der Waals surface area contributed by atoms with Gasteiger partial charge in [-0.3, -0.25) is 4.90 Å². The van der Waals surface area contributed by atoms with E-state index < -0.39 is 0 Å². The molecule has 106 valence electrons. The molecule has 0 aromatic heterocycles. The molecule has 19 heavy (non-hydrogen) atoms. The van der Waals surface area contributed by atoms with Crippen molar-refractivity contribution in [3.8, 4) is 0 Å². The number of likely N-dealkylation sites (N-methyl/N-ethyl adjacent to an activating group) is 1. The molecule has 1 aliphatic carbocycles. The number of nitrogens with one attached hydrogen (secondary N) is 1. The molecule has 1 fully saturated rings. The minimum Gasteiger partial charge on any atom is -0.309 e. The third kappa shape index (κ3) is 4.48. The monoisotopic (exact) mass is 280 g/mol. The average Bonchev–Trinajstić information content (AvgIpc) is 3.23. The van der Waals surface area contributed by atoms with Crippen LogP contribution in [-0.2, 0) is 0 Å². The summed E-state index contributed by atoms with van der Waals surface area (Å²) in [6.45, 7) is 7.84. The minimum absolute atomic E-state index is 0.414. The fourth-order valence-corrected chi connectivity index (χ4v) is 2.84. The maximum Gasteiger partial charge on any atom is 0.0409 e. The lowest BCUT2D eigenvalue weighted by atomic mass is 10.0. The molecule has 2 nitrogen and oxygen atoms in total. The van der Waals surface area contributed by atoms with Crippen LogP contribution in [0.5, 0.6) is 0 Å². The molecule has 0 aliphatic heterocycles. The highest BCUT2D eigenvalue weighted by molar-refractivity contribution is 6.30. The highest BCUT2D eigenvalue weighted by Crippen LogP contribution is 2.26. The van der Waals surface area contributed by atoms with Crippen molar-refractivity contribution in [3.63, 3.8) is 0 Å². The summed E-state index contributed by atoms with van der Waals surface area (Å²) in [5.41, 5.74) is 1.30. The predicted molar refractivity (Wildman–Crippen MR) is 82.8 cm³/mol. The average molecular weight is 281 g/mol. The molecule has 0 heterocycles. The van der Waals surface area contributed by atoms with Gasteiger partial charge in [-0.2, -0.15) is 0 Å². The lowest BCUT2D eigenvalue weighted by molar-refractivity contribution is 0.271. The van der Waals surface area contributed by atoms with Crippen LogP contribution in [0.4, 0.5) is 0 Å². The molecule has 1 unspecified atom stereocenters. The lowest BCUT2D eigenvalue weighted by Crippen LogP contribution is -2.35. The summed E-state index contributed by atoms with van der Waals surface area (Å²) in [5.74, 6) is 0. The molecule has 1 atom stereocenters. The van der Waals surface area contributed by atoms with Crippen LogP contribution in [-0.4, -0.2) is 30.6 Å². The number of hydrogen-bond donors (Lipinski definition) is 1. The predicted octanol–water partition coefficient (Wildman–Crippen LogP) is 3.87. The van der Waals surface area contributed by atoms with E-state index in [1.807, 2.05) is 12.1 Å². The van der Waals surface area contributed by atoms with Crippen molar-refractivity contribution in [2.24, 2.45) is 0 Å². The zero-order valence-corrected chi connectivity index (χ0v) is 12.8. The summed E-state index contributed by atoms with van der Waals surface area (Å²) < 4.78 is 0. The topological polar surface area (TPSA) is 15.3 Å². The van der Waals surface area contributed by atoms with E-state index in [1.165, 1.54) is 24.9 Å². The molecule has 1 aromatic carbocycles. The first-order chi connectivity index (χ1) is 9.24. The van der Waals surface area contributed by atoms with Gasteiger partial charge in [0.2, 0.25) is 0 Å². The van der Waals surface area contributed by atoms with Gasteiger partial charge < -0.3 is 5.32 Å². The first kappa shape index (κ1) is 14.8. The number of halogens is 1. The summed E-state index contributed by atoms with van der Waals surface area (Å²) in [7, 11) is 0. The van der Waals surface area contributed by atoms with Gasteiger partial charge in [-0.1, -0.05) is 37.6 Å². The fraction of sp³-hybridized carbons (Fsp3) is 0.625. The molecule has 1 aliphatic rings. The summed E-state index contributed by atoms with van der Waals surface area (Å²) >= 11 is 6.07. The van der Waals surface area contributed by atoms with Gasteiger partial charge in [-0.05, 0) is 43.5 Å². The first-order valence-electron chi connectivity index (χ1n) is 7.47. The van der Waals surface area contributed by atoms with Crippen molar-refractivity contribution in [1.29, 1.82) is 0 Å². The van der Waals surface area contributed by atoms with Gasteiger partial charge in [0.1, 0.15) is 0 Å². The Kier molecular flexibility index (Phi) is 5.68. The normalized spacial score (nSPS) is 16.8. The number of rotatable bonds is 8. The van der Waals surface area contributed by atoms with Gasteiger partial charge in [0, 0.05) is 30.2 Å². The van der Waals surface area contributed by atoms with Crippen molar-refractivity contribution in [3.05, 3.63) is 34.9 Å². The van der Waals surface area contributed by atoms with Crippen molar-refractivity contribution in [2.45, 2.75) is 45.2 Å². The van der Waals surface area contributed by atoms with Gasteiger partial charge in [-0.25, -0.2) is 0 Å². The molecule has 2 rings (SSSR count). The molecule has 1 saturated carbocycles. The first-order valence-corrected chi connectivity index (χ1v) is 7.85. The smallest absolute Gasteiger partial charge is 0.0409 e. The SMILES string of the molecule is CCC(NCCN(CC)C1CC1)c1cccc(Cl)c1. The molecule has 0 saturated heterocycles. The molecule has 1 aromatic rings. The zero-order valence-electron chi connectivity index (χ0n) is 12.0. The van der Waals surface area contributed by atoms with E-state index in [0.717, 1.165) is 30.6 Å². The van der Waals surface area contributed by atoms with Crippen molar-refractivity contribution < 1.29 is 0 Å². The largest absolute Gasteiger partial charge is 0.309 e. The fourth-order valence-electron chi connectivity index (χ4n) is 2.64. The van der Waals surface area contributed by atoms with Crippen LogP contribution in [0, 0.1) is 0 Å². The maximum atomic E-state index is 6.07. The van der Waals surface area contributed by atoms with Crippen molar-refractivity contribution in [2.75, 3.05) is 19.6 Å². The van der Waals surface area contributed by atoms with Crippen LogP contribution < -0.4 is 5.32 Å². The van der Waals surface area contributed by atoms with Crippen LogP contribution in [0.25, 0.3) is 0 Å². The van der Waals surface area contributed by atoms with Crippen LogP contribution in [0.1, 0.15) is 44.7 Å².